The van der Waals surface area contributed by atoms with E-state index in [1.807, 2.05) is 26.0 Å². The van der Waals surface area contributed by atoms with E-state index in [9.17, 15) is 13.2 Å². The van der Waals surface area contributed by atoms with Crippen LogP contribution >= 0.6 is 0 Å². The highest BCUT2D eigenvalue weighted by Gasteiger charge is 2.18. The first-order valence-corrected chi connectivity index (χ1v) is 11.3. The summed E-state index contributed by atoms with van der Waals surface area (Å²) in [5.41, 5.74) is 2.96. The van der Waals surface area contributed by atoms with Crippen molar-refractivity contribution in [2.24, 2.45) is 0 Å². The summed E-state index contributed by atoms with van der Waals surface area (Å²) in [7, 11) is -3.71. The van der Waals surface area contributed by atoms with Gasteiger partial charge in [0.25, 0.3) is 15.9 Å². The third kappa shape index (κ3) is 4.93. The number of nitrogens with one attached hydrogen (secondary N) is 2. The Kier molecular flexibility index (Phi) is 6.39. The summed E-state index contributed by atoms with van der Waals surface area (Å²) >= 11 is 0. The molecule has 0 aromatic heterocycles. The maximum atomic E-state index is 12.7. The van der Waals surface area contributed by atoms with Crippen LogP contribution in [0, 0.1) is 13.8 Å². The molecule has 28 heavy (non-hydrogen) atoms. The zero-order valence-electron chi connectivity index (χ0n) is 16.5. The average molecular weight is 401 g/mol. The number of rotatable bonds is 5. The second kappa shape index (κ2) is 8.78. The molecule has 2 aromatic rings. The van der Waals surface area contributed by atoms with Gasteiger partial charge in [0, 0.05) is 11.6 Å². The van der Waals surface area contributed by atoms with Gasteiger partial charge in [-0.2, -0.15) is 0 Å². The highest BCUT2D eigenvalue weighted by atomic mass is 32.2. The Hall–Kier alpha value is -2.34. The number of carbonyl (C=O) groups is 1. The number of hydrogen-bond acceptors (Lipinski definition) is 3. The summed E-state index contributed by atoms with van der Waals surface area (Å²) in [6, 6.07) is 11.8. The molecule has 0 saturated heterocycles. The van der Waals surface area contributed by atoms with Gasteiger partial charge in [-0.25, -0.2) is 8.42 Å². The number of anilines is 1. The summed E-state index contributed by atoms with van der Waals surface area (Å²) in [6.45, 7) is 3.82. The largest absolute Gasteiger partial charge is 0.349 e. The van der Waals surface area contributed by atoms with Crippen molar-refractivity contribution in [3.63, 3.8) is 0 Å². The molecule has 0 bridgehead atoms. The quantitative estimate of drug-likeness (QED) is 0.723. The first-order chi connectivity index (χ1) is 13.4. The van der Waals surface area contributed by atoms with Crippen LogP contribution < -0.4 is 10.0 Å². The highest BCUT2D eigenvalue weighted by Crippen LogP contribution is 2.22. The minimum atomic E-state index is -3.71. The van der Waals surface area contributed by atoms with Crippen LogP contribution in [0.4, 0.5) is 5.69 Å². The molecule has 3 rings (SSSR count). The van der Waals surface area contributed by atoms with E-state index in [1.165, 1.54) is 25.0 Å². The predicted octanol–water partition coefficient (Wildman–Crippen LogP) is 4.56. The lowest BCUT2D eigenvalue weighted by atomic mass is 10.1. The molecule has 2 N–H and O–H groups in total. The molecule has 0 unspecified atom stereocenters. The lowest BCUT2D eigenvalue weighted by molar-refractivity contribution is 0.0933. The summed E-state index contributed by atoms with van der Waals surface area (Å²) < 4.78 is 28.0. The number of hydrogen-bond donors (Lipinski definition) is 2. The average Bonchev–Trinajstić information content (AvgIpc) is 2.94. The highest BCUT2D eigenvalue weighted by molar-refractivity contribution is 7.92. The van der Waals surface area contributed by atoms with Crippen LogP contribution in [0.2, 0.25) is 0 Å². The van der Waals surface area contributed by atoms with Crippen LogP contribution in [-0.2, 0) is 10.0 Å². The Bertz CT molecular complexity index is 929. The Morgan fingerprint density at radius 3 is 2.21 bits per heavy atom. The number of carbonyl (C=O) groups excluding carboxylic acids is 1. The van der Waals surface area contributed by atoms with E-state index in [1.54, 1.807) is 18.2 Å². The van der Waals surface area contributed by atoms with Crippen molar-refractivity contribution < 1.29 is 13.2 Å². The Balaban J connectivity index is 1.70. The van der Waals surface area contributed by atoms with Gasteiger partial charge in [-0.1, -0.05) is 37.8 Å². The van der Waals surface area contributed by atoms with Crippen molar-refractivity contribution in [1.29, 1.82) is 0 Å². The fourth-order valence-electron chi connectivity index (χ4n) is 3.54. The standard InChI is InChI=1S/C22H28N2O3S/c1-16-8-7-11-21(17(16)2)24-28(26,27)20-14-12-18(13-15-20)22(25)23-19-9-5-3-4-6-10-19/h7-8,11-15,19,24H,3-6,9-10H2,1-2H3,(H,23,25). The normalized spacial score (nSPS) is 15.6. The monoisotopic (exact) mass is 400 g/mol. The Morgan fingerprint density at radius 1 is 0.929 bits per heavy atom. The molecule has 0 heterocycles. The first-order valence-electron chi connectivity index (χ1n) is 9.87. The van der Waals surface area contributed by atoms with E-state index >= 15 is 0 Å². The number of benzene rings is 2. The molecule has 0 atom stereocenters. The molecular formula is C22H28N2O3S. The van der Waals surface area contributed by atoms with Crippen LogP contribution in [0.15, 0.2) is 47.4 Å². The summed E-state index contributed by atoms with van der Waals surface area (Å²) in [5, 5.41) is 3.08. The number of amides is 1. The Labute approximate surface area is 167 Å². The van der Waals surface area contributed by atoms with E-state index in [4.69, 9.17) is 0 Å². The molecule has 1 aliphatic rings. The fraction of sp³-hybridized carbons (Fsp3) is 0.409. The molecule has 150 valence electrons. The molecule has 1 saturated carbocycles. The molecule has 1 amide bonds. The van der Waals surface area contributed by atoms with Crippen molar-refractivity contribution in [2.45, 2.75) is 63.3 Å². The predicted molar refractivity (Wildman–Crippen MR) is 112 cm³/mol. The van der Waals surface area contributed by atoms with Crippen molar-refractivity contribution in [3.8, 4) is 0 Å². The van der Waals surface area contributed by atoms with Crippen LogP contribution in [-0.4, -0.2) is 20.4 Å². The van der Waals surface area contributed by atoms with Gasteiger partial charge >= 0.3 is 0 Å². The van der Waals surface area contributed by atoms with Gasteiger partial charge in [-0.3, -0.25) is 9.52 Å². The zero-order valence-corrected chi connectivity index (χ0v) is 17.3. The van der Waals surface area contributed by atoms with Crippen molar-refractivity contribution in [2.75, 3.05) is 4.72 Å². The third-order valence-corrected chi connectivity index (χ3v) is 6.85. The summed E-state index contributed by atoms with van der Waals surface area (Å²) in [4.78, 5) is 12.6. The molecule has 5 nitrogen and oxygen atoms in total. The maximum Gasteiger partial charge on any atom is 0.261 e. The van der Waals surface area contributed by atoms with Gasteiger partial charge in [0.1, 0.15) is 0 Å². The van der Waals surface area contributed by atoms with Gasteiger partial charge in [0.15, 0.2) is 0 Å². The fourth-order valence-corrected chi connectivity index (χ4v) is 4.67. The van der Waals surface area contributed by atoms with Gasteiger partial charge in [-0.05, 0) is 68.1 Å². The molecule has 1 aliphatic carbocycles. The molecule has 1 fully saturated rings. The van der Waals surface area contributed by atoms with Crippen molar-refractivity contribution in [3.05, 3.63) is 59.2 Å². The first kappa shape index (κ1) is 20.4. The van der Waals surface area contributed by atoms with E-state index in [-0.39, 0.29) is 16.8 Å². The topological polar surface area (TPSA) is 75.3 Å². The molecular weight excluding hydrogens is 372 g/mol. The van der Waals surface area contributed by atoms with Gasteiger partial charge < -0.3 is 5.32 Å². The zero-order chi connectivity index (χ0) is 20.1. The third-order valence-electron chi connectivity index (χ3n) is 5.47. The molecule has 0 radical (unpaired) electrons. The summed E-state index contributed by atoms with van der Waals surface area (Å²) in [6.07, 6.45) is 6.77. The van der Waals surface area contributed by atoms with Crippen LogP contribution in [0.25, 0.3) is 0 Å². The van der Waals surface area contributed by atoms with E-state index in [0.717, 1.165) is 36.8 Å². The molecule has 0 spiro atoms. The van der Waals surface area contributed by atoms with Gasteiger partial charge in [-0.15, -0.1) is 0 Å². The van der Waals surface area contributed by atoms with E-state index in [2.05, 4.69) is 10.0 Å². The van der Waals surface area contributed by atoms with Gasteiger partial charge in [0.2, 0.25) is 0 Å². The van der Waals surface area contributed by atoms with Crippen LogP contribution in [0.5, 0.6) is 0 Å². The maximum absolute atomic E-state index is 12.7. The van der Waals surface area contributed by atoms with Crippen molar-refractivity contribution >= 4 is 21.6 Å². The lowest BCUT2D eigenvalue weighted by Crippen LogP contribution is -2.34. The second-order valence-electron chi connectivity index (χ2n) is 7.54. The van der Waals surface area contributed by atoms with Crippen molar-refractivity contribution in [1.82, 2.24) is 5.32 Å². The minimum Gasteiger partial charge on any atom is -0.349 e. The molecule has 6 heteroatoms. The second-order valence-corrected chi connectivity index (χ2v) is 9.22. The summed E-state index contributed by atoms with van der Waals surface area (Å²) in [5.74, 6) is -0.140. The SMILES string of the molecule is Cc1cccc(NS(=O)(=O)c2ccc(C(=O)NC3CCCCCC3)cc2)c1C. The Morgan fingerprint density at radius 2 is 1.57 bits per heavy atom. The number of aryl methyl sites for hydroxylation is 1. The van der Waals surface area contributed by atoms with Gasteiger partial charge in [0.05, 0.1) is 10.6 Å². The molecule has 2 aromatic carbocycles. The van der Waals surface area contributed by atoms with E-state index < -0.39 is 10.0 Å². The van der Waals surface area contributed by atoms with Crippen LogP contribution in [0.3, 0.4) is 0 Å². The lowest BCUT2D eigenvalue weighted by Gasteiger charge is -2.16. The smallest absolute Gasteiger partial charge is 0.261 e. The molecule has 0 aliphatic heterocycles. The minimum absolute atomic E-state index is 0.138. The van der Waals surface area contributed by atoms with E-state index in [0.29, 0.717) is 11.3 Å². The van der Waals surface area contributed by atoms with Crippen LogP contribution in [0.1, 0.15) is 60.0 Å². The number of sulfonamides is 1.